The fraction of sp³-hybridized carbons (Fsp3) is 0.269. The number of hydrogen-bond acceptors (Lipinski definition) is 5. The Bertz CT molecular complexity index is 940. The molecule has 0 aliphatic rings. The molecule has 6 heteroatoms. The maximum Gasteiger partial charge on any atom is 0.238 e. The Labute approximate surface area is 189 Å². The molecule has 6 nitrogen and oxygen atoms in total. The number of rotatable bonds is 11. The monoisotopic (exact) mass is 434 g/mol. The van der Waals surface area contributed by atoms with Crippen LogP contribution in [0.25, 0.3) is 0 Å². The number of carbonyl (C=O) groups is 1. The van der Waals surface area contributed by atoms with E-state index in [9.17, 15) is 9.90 Å². The molecule has 0 heterocycles. The number of carbonyl (C=O) groups excluding carboxylic acids is 1. The van der Waals surface area contributed by atoms with Crippen LogP contribution in [0.4, 0.5) is 5.69 Å². The van der Waals surface area contributed by atoms with E-state index in [2.05, 4.69) is 34.5 Å². The molecule has 0 saturated heterocycles. The summed E-state index contributed by atoms with van der Waals surface area (Å²) >= 11 is 0. The molecule has 0 atom stereocenters. The van der Waals surface area contributed by atoms with Crippen LogP contribution >= 0.6 is 0 Å². The molecule has 0 aliphatic heterocycles. The second kappa shape index (κ2) is 11.9. The van der Waals surface area contributed by atoms with E-state index in [4.69, 9.17) is 9.47 Å². The number of aliphatic hydroxyl groups is 1. The number of methoxy groups -OCH3 is 2. The van der Waals surface area contributed by atoms with Crippen molar-refractivity contribution in [2.75, 3.05) is 39.2 Å². The summed E-state index contributed by atoms with van der Waals surface area (Å²) in [7, 11) is 3.14. The first kappa shape index (κ1) is 23.3. The van der Waals surface area contributed by atoms with E-state index >= 15 is 0 Å². The molecule has 0 radical (unpaired) electrons. The molecule has 3 aromatic carbocycles. The third-order valence-corrected chi connectivity index (χ3v) is 5.23. The fourth-order valence-electron chi connectivity index (χ4n) is 3.73. The van der Waals surface area contributed by atoms with Crippen molar-refractivity contribution in [2.45, 2.75) is 12.5 Å². The van der Waals surface area contributed by atoms with Crippen LogP contribution in [0.1, 0.15) is 23.6 Å². The van der Waals surface area contributed by atoms with Crippen LogP contribution in [-0.4, -0.2) is 49.8 Å². The van der Waals surface area contributed by atoms with E-state index in [1.807, 2.05) is 36.4 Å². The van der Waals surface area contributed by atoms with Gasteiger partial charge in [0.1, 0.15) is 11.5 Å². The predicted octanol–water partition coefficient (Wildman–Crippen LogP) is 4.12. The van der Waals surface area contributed by atoms with Crippen molar-refractivity contribution in [2.24, 2.45) is 0 Å². The molecule has 0 aliphatic carbocycles. The van der Waals surface area contributed by atoms with Gasteiger partial charge in [-0.25, -0.2) is 0 Å². The van der Waals surface area contributed by atoms with Crippen LogP contribution in [0.2, 0.25) is 0 Å². The average Bonchev–Trinajstić information content (AvgIpc) is 2.84. The molecular weight excluding hydrogens is 404 g/mol. The molecule has 3 aromatic rings. The number of nitrogens with one attached hydrogen (secondary N) is 1. The number of nitrogens with zero attached hydrogens (tertiary/aromatic N) is 1. The van der Waals surface area contributed by atoms with E-state index in [-0.39, 0.29) is 25.1 Å². The predicted molar refractivity (Wildman–Crippen MR) is 126 cm³/mol. The van der Waals surface area contributed by atoms with Crippen molar-refractivity contribution in [3.05, 3.63) is 90.0 Å². The second-order valence-corrected chi connectivity index (χ2v) is 7.39. The summed E-state index contributed by atoms with van der Waals surface area (Å²) in [6.45, 7) is 0.780. The van der Waals surface area contributed by atoms with E-state index in [1.54, 1.807) is 32.4 Å². The highest BCUT2D eigenvalue weighted by Crippen LogP contribution is 2.31. The quantitative estimate of drug-likeness (QED) is 0.475. The van der Waals surface area contributed by atoms with E-state index in [0.717, 1.165) is 11.1 Å². The standard InChI is InChI=1S/C26H30N2O4/c1-31-22-14-15-23(24(18-22)32-2)27-25(30)19-28(16-9-17-29)26(20-10-5-3-6-11-20)21-12-7-4-8-13-21/h3-8,10-15,18,26,29H,9,16-17,19H2,1-2H3,(H,27,30). The molecule has 0 spiro atoms. The van der Waals surface area contributed by atoms with Gasteiger partial charge in [0.05, 0.1) is 32.5 Å². The van der Waals surface area contributed by atoms with Crippen molar-refractivity contribution >= 4 is 11.6 Å². The smallest absolute Gasteiger partial charge is 0.238 e. The molecule has 3 rings (SSSR count). The van der Waals surface area contributed by atoms with Gasteiger partial charge in [-0.15, -0.1) is 0 Å². The highest BCUT2D eigenvalue weighted by Gasteiger charge is 2.24. The summed E-state index contributed by atoms with van der Waals surface area (Å²) in [6, 6.07) is 25.4. The van der Waals surface area contributed by atoms with E-state index in [0.29, 0.717) is 30.2 Å². The van der Waals surface area contributed by atoms with Gasteiger partial charge >= 0.3 is 0 Å². The van der Waals surface area contributed by atoms with Gasteiger partial charge in [-0.1, -0.05) is 60.7 Å². The first-order valence-corrected chi connectivity index (χ1v) is 10.6. The number of anilines is 1. The van der Waals surface area contributed by atoms with Gasteiger partial charge in [0.2, 0.25) is 5.91 Å². The van der Waals surface area contributed by atoms with Crippen LogP contribution in [0.5, 0.6) is 11.5 Å². The zero-order valence-electron chi connectivity index (χ0n) is 18.5. The van der Waals surface area contributed by atoms with E-state index in [1.165, 1.54) is 0 Å². The molecule has 168 valence electrons. The van der Waals surface area contributed by atoms with Crippen LogP contribution in [0, 0.1) is 0 Å². The summed E-state index contributed by atoms with van der Waals surface area (Å²) in [5.41, 5.74) is 2.76. The Morgan fingerprint density at radius 3 is 2.09 bits per heavy atom. The Morgan fingerprint density at radius 2 is 1.56 bits per heavy atom. The van der Waals surface area contributed by atoms with Gasteiger partial charge in [0.15, 0.2) is 0 Å². The lowest BCUT2D eigenvalue weighted by Gasteiger charge is -2.32. The average molecular weight is 435 g/mol. The Balaban J connectivity index is 1.87. The molecule has 32 heavy (non-hydrogen) atoms. The van der Waals surface area contributed by atoms with Gasteiger partial charge in [-0.05, 0) is 29.7 Å². The number of benzene rings is 3. The summed E-state index contributed by atoms with van der Waals surface area (Å²) in [6.07, 6.45) is 0.565. The summed E-state index contributed by atoms with van der Waals surface area (Å²) in [4.78, 5) is 15.2. The zero-order chi connectivity index (χ0) is 22.8. The fourth-order valence-corrected chi connectivity index (χ4v) is 3.73. The maximum absolute atomic E-state index is 13.1. The molecule has 0 aromatic heterocycles. The lowest BCUT2D eigenvalue weighted by atomic mass is 9.96. The van der Waals surface area contributed by atoms with Crippen LogP contribution in [-0.2, 0) is 4.79 Å². The topological polar surface area (TPSA) is 71.0 Å². The largest absolute Gasteiger partial charge is 0.497 e. The minimum atomic E-state index is -0.164. The van der Waals surface area contributed by atoms with Crippen LogP contribution in [0.3, 0.4) is 0 Å². The Morgan fingerprint density at radius 1 is 0.938 bits per heavy atom. The highest BCUT2D eigenvalue weighted by molar-refractivity contribution is 5.93. The molecule has 0 saturated carbocycles. The van der Waals surface area contributed by atoms with Crippen molar-refractivity contribution in [3.8, 4) is 11.5 Å². The number of amides is 1. The summed E-state index contributed by atoms with van der Waals surface area (Å²) in [5, 5.41) is 12.4. The van der Waals surface area contributed by atoms with Gasteiger partial charge in [-0.3, -0.25) is 9.69 Å². The highest BCUT2D eigenvalue weighted by atomic mass is 16.5. The maximum atomic E-state index is 13.1. The molecule has 0 fully saturated rings. The first-order valence-electron chi connectivity index (χ1n) is 10.6. The second-order valence-electron chi connectivity index (χ2n) is 7.39. The molecule has 0 unspecified atom stereocenters. The Hall–Kier alpha value is -3.35. The number of aliphatic hydroxyl groups excluding tert-OH is 1. The first-order chi connectivity index (χ1) is 15.7. The van der Waals surface area contributed by atoms with Gasteiger partial charge in [0, 0.05) is 19.2 Å². The van der Waals surface area contributed by atoms with E-state index < -0.39 is 0 Å². The number of hydrogen-bond donors (Lipinski definition) is 2. The SMILES string of the molecule is COc1ccc(NC(=O)CN(CCCO)C(c2ccccc2)c2ccccc2)c(OC)c1. The molecule has 0 bridgehead atoms. The lowest BCUT2D eigenvalue weighted by Crippen LogP contribution is -2.38. The lowest BCUT2D eigenvalue weighted by molar-refractivity contribution is -0.117. The van der Waals surface area contributed by atoms with Crippen molar-refractivity contribution in [3.63, 3.8) is 0 Å². The van der Waals surface area contributed by atoms with Crippen molar-refractivity contribution < 1.29 is 19.4 Å². The van der Waals surface area contributed by atoms with Crippen LogP contribution < -0.4 is 14.8 Å². The molecule has 1 amide bonds. The third-order valence-electron chi connectivity index (χ3n) is 5.23. The minimum absolute atomic E-state index is 0.0563. The Kier molecular flexibility index (Phi) is 8.66. The normalized spacial score (nSPS) is 10.9. The van der Waals surface area contributed by atoms with Gasteiger partial charge in [0.25, 0.3) is 0 Å². The van der Waals surface area contributed by atoms with Gasteiger partial charge in [-0.2, -0.15) is 0 Å². The number of ether oxygens (including phenoxy) is 2. The van der Waals surface area contributed by atoms with Crippen LogP contribution in [0.15, 0.2) is 78.9 Å². The summed E-state index contributed by atoms with van der Waals surface area (Å²) in [5.74, 6) is 1.02. The molecular formula is C26H30N2O4. The summed E-state index contributed by atoms with van der Waals surface area (Å²) < 4.78 is 10.6. The molecule has 2 N–H and O–H groups in total. The van der Waals surface area contributed by atoms with Crippen molar-refractivity contribution in [1.29, 1.82) is 0 Å². The minimum Gasteiger partial charge on any atom is -0.497 e. The third kappa shape index (κ3) is 6.09. The van der Waals surface area contributed by atoms with Gasteiger partial charge < -0.3 is 19.9 Å². The zero-order valence-corrected chi connectivity index (χ0v) is 18.5. The van der Waals surface area contributed by atoms with Crippen molar-refractivity contribution in [1.82, 2.24) is 4.90 Å².